The van der Waals surface area contributed by atoms with Gasteiger partial charge in [0.15, 0.2) is 17.3 Å². The minimum Gasteiger partial charge on any atom is -0.292 e. The van der Waals surface area contributed by atoms with Crippen LogP contribution in [0.15, 0.2) is 65.5 Å². The van der Waals surface area contributed by atoms with E-state index in [1.54, 1.807) is 12.1 Å². The van der Waals surface area contributed by atoms with Crippen molar-refractivity contribution in [3.05, 3.63) is 98.5 Å². The van der Waals surface area contributed by atoms with E-state index in [2.05, 4.69) is 5.10 Å². The van der Waals surface area contributed by atoms with E-state index in [4.69, 9.17) is 4.98 Å². The van der Waals surface area contributed by atoms with Crippen LogP contribution < -0.4 is 5.69 Å². The number of hydrogen-bond acceptors (Lipinski definition) is 5. The lowest BCUT2D eigenvalue weighted by molar-refractivity contribution is 0.0972. The van der Waals surface area contributed by atoms with Gasteiger partial charge in [0, 0.05) is 16.9 Å². The van der Waals surface area contributed by atoms with E-state index in [1.807, 2.05) is 62.4 Å². The molecule has 0 spiro atoms. The number of fused-ring (bicyclic) bond motifs is 3. The summed E-state index contributed by atoms with van der Waals surface area (Å²) in [4.78, 5) is 32.8. The van der Waals surface area contributed by atoms with Gasteiger partial charge in [0.2, 0.25) is 0 Å². The number of carbonyl (C=O) groups excluding carboxylic acids is 1. The Kier molecular flexibility index (Phi) is 4.75. The molecule has 154 valence electrons. The first-order valence-electron chi connectivity index (χ1n) is 10.0. The van der Waals surface area contributed by atoms with Gasteiger partial charge < -0.3 is 0 Å². The van der Waals surface area contributed by atoms with Crippen molar-refractivity contribution >= 4 is 33.0 Å². The molecule has 3 aromatic heterocycles. The van der Waals surface area contributed by atoms with Crippen LogP contribution in [0.25, 0.3) is 15.9 Å². The molecule has 6 nitrogen and oxygen atoms in total. The summed E-state index contributed by atoms with van der Waals surface area (Å²) >= 11 is 1.51. The smallest absolute Gasteiger partial charge is 0.292 e. The highest BCUT2D eigenvalue weighted by atomic mass is 32.1. The molecule has 5 aromatic rings. The first-order chi connectivity index (χ1) is 15.0. The van der Waals surface area contributed by atoms with Crippen LogP contribution in [0.3, 0.4) is 0 Å². The van der Waals surface area contributed by atoms with Gasteiger partial charge >= 0.3 is 5.69 Å². The lowest BCUT2D eigenvalue weighted by Crippen LogP contribution is -2.30. The molecule has 0 bridgehead atoms. The van der Waals surface area contributed by atoms with E-state index in [0.29, 0.717) is 23.5 Å². The second-order valence-electron chi connectivity index (χ2n) is 7.55. The van der Waals surface area contributed by atoms with Crippen LogP contribution in [0.4, 0.5) is 0 Å². The fourth-order valence-corrected chi connectivity index (χ4v) is 4.91. The Morgan fingerprint density at radius 3 is 2.39 bits per heavy atom. The normalized spacial score (nSPS) is 11.4. The third-order valence-electron chi connectivity index (χ3n) is 5.50. The Balaban J connectivity index is 1.68. The van der Waals surface area contributed by atoms with Crippen LogP contribution in [-0.4, -0.2) is 24.9 Å². The summed E-state index contributed by atoms with van der Waals surface area (Å²) in [5.41, 5.74) is 2.92. The van der Waals surface area contributed by atoms with E-state index in [0.717, 1.165) is 26.2 Å². The van der Waals surface area contributed by atoms with Gasteiger partial charge in [0.1, 0.15) is 4.83 Å². The topological polar surface area (TPSA) is 69.3 Å². The molecule has 0 saturated carbocycles. The molecule has 7 heteroatoms. The maximum atomic E-state index is 13.4. The lowest BCUT2D eigenvalue weighted by atomic mass is 10.1. The third-order valence-corrected chi connectivity index (χ3v) is 6.73. The van der Waals surface area contributed by atoms with E-state index >= 15 is 0 Å². The van der Waals surface area contributed by atoms with E-state index in [1.165, 1.54) is 20.4 Å². The van der Waals surface area contributed by atoms with E-state index in [-0.39, 0.29) is 18.0 Å². The van der Waals surface area contributed by atoms with Crippen molar-refractivity contribution < 1.29 is 4.79 Å². The molecule has 0 aliphatic heterocycles. The zero-order valence-corrected chi connectivity index (χ0v) is 18.0. The molecule has 0 amide bonds. The molecular formula is C24H20N4O2S. The van der Waals surface area contributed by atoms with E-state index < -0.39 is 0 Å². The highest BCUT2D eigenvalue weighted by Crippen LogP contribution is 2.32. The predicted molar refractivity (Wildman–Crippen MR) is 122 cm³/mol. The molecule has 0 aliphatic carbocycles. The maximum Gasteiger partial charge on any atom is 0.352 e. The van der Waals surface area contributed by atoms with Crippen LogP contribution in [0.2, 0.25) is 0 Å². The average molecular weight is 429 g/mol. The highest BCUT2D eigenvalue weighted by molar-refractivity contribution is 7.19. The third kappa shape index (κ3) is 3.37. The molecule has 3 heterocycles. The van der Waals surface area contributed by atoms with Crippen LogP contribution in [0.5, 0.6) is 0 Å². The molecule has 2 aromatic carbocycles. The van der Waals surface area contributed by atoms with Gasteiger partial charge in [-0.3, -0.25) is 9.36 Å². The van der Waals surface area contributed by atoms with Gasteiger partial charge in [-0.25, -0.2) is 9.78 Å². The monoisotopic (exact) mass is 428 g/mol. The summed E-state index contributed by atoms with van der Waals surface area (Å²) in [6, 6.07) is 19.0. The molecule has 0 aliphatic rings. The number of thiophene rings is 1. The fourth-order valence-electron chi connectivity index (χ4n) is 3.77. The van der Waals surface area contributed by atoms with Crippen molar-refractivity contribution in [2.24, 2.45) is 0 Å². The number of aromatic nitrogens is 4. The summed E-state index contributed by atoms with van der Waals surface area (Å²) in [6.45, 7) is 4.00. The minimum absolute atomic E-state index is 0.0391. The van der Waals surface area contributed by atoms with Gasteiger partial charge in [-0.15, -0.1) is 16.4 Å². The molecule has 0 N–H and O–H groups in total. The summed E-state index contributed by atoms with van der Waals surface area (Å²) in [5, 5.41) is 5.40. The molecule has 0 unspecified atom stereocenters. The number of benzene rings is 2. The van der Waals surface area contributed by atoms with Crippen LogP contribution in [-0.2, 0) is 13.0 Å². The zero-order valence-electron chi connectivity index (χ0n) is 17.2. The quantitative estimate of drug-likeness (QED) is 0.394. The zero-order chi connectivity index (χ0) is 21.5. The number of nitrogens with zero attached hydrogens (tertiary/aromatic N) is 4. The first-order valence-corrected chi connectivity index (χ1v) is 10.8. The molecule has 0 radical (unpaired) electrons. The van der Waals surface area contributed by atoms with Gasteiger partial charge in [0.05, 0.1) is 11.9 Å². The maximum absolute atomic E-state index is 13.4. The van der Waals surface area contributed by atoms with Gasteiger partial charge in [-0.2, -0.15) is 4.52 Å². The Morgan fingerprint density at radius 2 is 1.68 bits per heavy atom. The molecule has 5 rings (SSSR count). The van der Waals surface area contributed by atoms with Gasteiger partial charge in [0.25, 0.3) is 0 Å². The number of ketones is 1. The van der Waals surface area contributed by atoms with Crippen LogP contribution >= 0.6 is 11.3 Å². The average Bonchev–Trinajstić information content (AvgIpc) is 3.33. The molecular weight excluding hydrogens is 408 g/mol. The molecule has 31 heavy (non-hydrogen) atoms. The predicted octanol–water partition coefficient (Wildman–Crippen LogP) is 4.20. The summed E-state index contributed by atoms with van der Waals surface area (Å²) < 4.78 is 2.88. The van der Waals surface area contributed by atoms with Crippen molar-refractivity contribution in [3.8, 4) is 0 Å². The number of hydrogen-bond donors (Lipinski definition) is 0. The fraction of sp³-hybridized carbons (Fsp3) is 0.167. The minimum atomic E-state index is -0.347. The Labute approximate surface area is 182 Å². The van der Waals surface area contributed by atoms with Crippen molar-refractivity contribution in [2.75, 3.05) is 0 Å². The Morgan fingerprint density at radius 1 is 1.00 bits per heavy atom. The second kappa shape index (κ2) is 7.59. The molecule has 0 saturated heterocycles. The summed E-state index contributed by atoms with van der Waals surface area (Å²) in [5.74, 6) is 0.469. The number of carbonyl (C=O) groups is 1. The van der Waals surface area contributed by atoms with Crippen molar-refractivity contribution in [1.29, 1.82) is 0 Å². The largest absolute Gasteiger partial charge is 0.352 e. The number of rotatable bonds is 5. The van der Waals surface area contributed by atoms with Crippen LogP contribution in [0, 0.1) is 13.8 Å². The highest BCUT2D eigenvalue weighted by Gasteiger charge is 2.21. The van der Waals surface area contributed by atoms with Crippen molar-refractivity contribution in [2.45, 2.75) is 26.8 Å². The number of Topliss-reactive ketones (excluding diaryl/α,β-unsaturated/α-hetero) is 1. The first kappa shape index (κ1) is 19.4. The standard InChI is InChI=1S/C24H20N4O2S/c1-15-16(2)31-23-21(15)22-25-20(13-17-9-5-3-6-10-17)26-28(22)24(30)27(23)14-19(29)18-11-7-4-8-12-18/h3-12H,13-14H2,1-2H3. The van der Waals surface area contributed by atoms with Crippen molar-refractivity contribution in [3.63, 3.8) is 0 Å². The molecule has 0 fully saturated rings. The van der Waals surface area contributed by atoms with E-state index in [9.17, 15) is 9.59 Å². The summed E-state index contributed by atoms with van der Waals surface area (Å²) in [7, 11) is 0. The van der Waals surface area contributed by atoms with Crippen molar-refractivity contribution in [1.82, 2.24) is 19.2 Å². The van der Waals surface area contributed by atoms with Crippen LogP contribution in [0.1, 0.15) is 32.2 Å². The lowest BCUT2D eigenvalue weighted by Gasteiger charge is -2.08. The summed E-state index contributed by atoms with van der Waals surface area (Å²) in [6.07, 6.45) is 0.536. The number of aryl methyl sites for hydroxylation is 2. The SMILES string of the molecule is Cc1sc2c(c1C)c1nc(Cc3ccccc3)nn1c(=O)n2CC(=O)c1ccccc1. The van der Waals surface area contributed by atoms with Gasteiger partial charge in [-0.05, 0) is 25.0 Å². The van der Waals surface area contributed by atoms with Gasteiger partial charge in [-0.1, -0.05) is 60.7 Å². The Bertz CT molecular complexity index is 1480. The second-order valence-corrected chi connectivity index (χ2v) is 8.75. The molecule has 0 atom stereocenters. The Hall–Kier alpha value is -3.58.